The molecule has 1 aromatic carbocycles. The number of nitrogens with zero attached hydrogens (tertiary/aromatic N) is 1. The van der Waals surface area contributed by atoms with Crippen LogP contribution < -0.4 is 10.6 Å². The number of aromatic nitrogens is 1. The predicted molar refractivity (Wildman–Crippen MR) is 64.7 cm³/mol. The summed E-state index contributed by atoms with van der Waals surface area (Å²) in [6.45, 7) is 0. The monoisotopic (exact) mass is 221 g/mol. The van der Waals surface area contributed by atoms with Gasteiger partial charge in [-0.05, 0) is 24.3 Å². The van der Waals surface area contributed by atoms with Crippen molar-refractivity contribution in [3.8, 4) is 0 Å². The number of nitrogens with two attached hydrogens (primary N) is 1. The second-order valence-corrected chi connectivity index (χ2v) is 3.77. The Hall–Kier alpha value is -1.61. The first-order valence-electron chi connectivity index (χ1n) is 4.60. The molecule has 0 aliphatic rings. The minimum atomic E-state index is 0.682. The molecular formula is C11H12ClN3. The Morgan fingerprint density at radius 1 is 1.33 bits per heavy atom. The molecular weight excluding hydrogens is 210 g/mol. The van der Waals surface area contributed by atoms with Crippen molar-refractivity contribution < 1.29 is 0 Å². The summed E-state index contributed by atoms with van der Waals surface area (Å²) in [5.74, 6) is 0. The third kappa shape index (κ3) is 1.92. The smallest absolute Gasteiger partial charge is 0.0657 e. The molecule has 0 amide bonds. The number of aromatic amines is 1. The number of anilines is 3. The highest BCUT2D eigenvalue weighted by Crippen LogP contribution is 2.30. The third-order valence-electron chi connectivity index (χ3n) is 2.32. The van der Waals surface area contributed by atoms with E-state index in [1.807, 2.05) is 36.5 Å². The molecule has 0 radical (unpaired) electrons. The lowest BCUT2D eigenvalue weighted by Crippen LogP contribution is -2.10. The van der Waals surface area contributed by atoms with E-state index in [0.29, 0.717) is 10.7 Å². The molecule has 4 heteroatoms. The van der Waals surface area contributed by atoms with Crippen molar-refractivity contribution in [3.05, 3.63) is 41.7 Å². The third-order valence-corrected chi connectivity index (χ3v) is 2.56. The zero-order valence-corrected chi connectivity index (χ0v) is 9.12. The molecule has 1 aromatic heterocycles. The summed E-state index contributed by atoms with van der Waals surface area (Å²) in [6.07, 6.45) is 3.77. The fourth-order valence-electron chi connectivity index (χ4n) is 1.47. The molecule has 0 unspecified atom stereocenters. The van der Waals surface area contributed by atoms with Crippen LogP contribution in [0.15, 0.2) is 36.7 Å². The van der Waals surface area contributed by atoms with E-state index in [0.717, 1.165) is 11.4 Å². The predicted octanol–water partition coefficient (Wildman–Crippen LogP) is 3.02. The Balaban J connectivity index is 2.41. The lowest BCUT2D eigenvalue weighted by molar-refractivity contribution is 1.21. The number of halogens is 1. The van der Waals surface area contributed by atoms with E-state index < -0.39 is 0 Å². The van der Waals surface area contributed by atoms with Crippen molar-refractivity contribution in [1.29, 1.82) is 0 Å². The van der Waals surface area contributed by atoms with Gasteiger partial charge in [-0.1, -0.05) is 11.6 Å². The summed E-state index contributed by atoms with van der Waals surface area (Å²) in [5.41, 5.74) is 8.55. The van der Waals surface area contributed by atoms with Crippen molar-refractivity contribution in [2.75, 3.05) is 17.7 Å². The summed E-state index contributed by atoms with van der Waals surface area (Å²) in [5, 5.41) is 0.682. The van der Waals surface area contributed by atoms with Crippen molar-refractivity contribution in [2.45, 2.75) is 0 Å². The van der Waals surface area contributed by atoms with Crippen molar-refractivity contribution in [3.63, 3.8) is 0 Å². The Morgan fingerprint density at radius 3 is 2.80 bits per heavy atom. The summed E-state index contributed by atoms with van der Waals surface area (Å²) in [6, 6.07) is 7.41. The van der Waals surface area contributed by atoms with Crippen LogP contribution in [0.2, 0.25) is 5.02 Å². The molecule has 0 saturated heterocycles. The van der Waals surface area contributed by atoms with Crippen LogP contribution in [0.4, 0.5) is 17.1 Å². The summed E-state index contributed by atoms with van der Waals surface area (Å²) < 4.78 is 0. The van der Waals surface area contributed by atoms with Crippen LogP contribution in [0.5, 0.6) is 0 Å². The van der Waals surface area contributed by atoms with E-state index in [1.165, 1.54) is 0 Å². The van der Waals surface area contributed by atoms with Gasteiger partial charge in [0, 0.05) is 24.5 Å². The highest BCUT2D eigenvalue weighted by Gasteiger charge is 2.08. The zero-order chi connectivity index (χ0) is 10.8. The van der Waals surface area contributed by atoms with Gasteiger partial charge in [-0.25, -0.2) is 0 Å². The lowest BCUT2D eigenvalue weighted by atomic mass is 10.2. The van der Waals surface area contributed by atoms with Crippen LogP contribution in [-0.4, -0.2) is 12.0 Å². The Kier molecular flexibility index (Phi) is 2.56. The number of H-pyrrole nitrogens is 1. The standard InChI is InChI=1S/C11H12ClN3/c1-15(9-4-5-14-7-9)11-6-8(12)2-3-10(11)13/h2-7,14H,13H2,1H3. The first-order chi connectivity index (χ1) is 7.18. The minimum Gasteiger partial charge on any atom is -0.397 e. The number of hydrogen-bond acceptors (Lipinski definition) is 2. The van der Waals surface area contributed by atoms with Gasteiger partial charge in [-0.15, -0.1) is 0 Å². The van der Waals surface area contributed by atoms with Crippen LogP contribution in [-0.2, 0) is 0 Å². The molecule has 3 nitrogen and oxygen atoms in total. The van der Waals surface area contributed by atoms with Gasteiger partial charge >= 0.3 is 0 Å². The second-order valence-electron chi connectivity index (χ2n) is 3.33. The molecule has 2 rings (SSSR count). The van der Waals surface area contributed by atoms with Gasteiger partial charge in [0.2, 0.25) is 0 Å². The first kappa shape index (κ1) is 9.93. The molecule has 15 heavy (non-hydrogen) atoms. The number of hydrogen-bond donors (Lipinski definition) is 2. The van der Waals surface area contributed by atoms with Gasteiger partial charge in [0.05, 0.1) is 17.1 Å². The molecule has 0 atom stereocenters. The van der Waals surface area contributed by atoms with Crippen LogP contribution in [0.3, 0.4) is 0 Å². The molecule has 0 aliphatic carbocycles. The zero-order valence-electron chi connectivity index (χ0n) is 8.37. The van der Waals surface area contributed by atoms with Crippen LogP contribution in [0.25, 0.3) is 0 Å². The highest BCUT2D eigenvalue weighted by atomic mass is 35.5. The van der Waals surface area contributed by atoms with E-state index in [4.69, 9.17) is 17.3 Å². The Morgan fingerprint density at radius 2 is 2.13 bits per heavy atom. The van der Waals surface area contributed by atoms with Crippen LogP contribution in [0, 0.1) is 0 Å². The van der Waals surface area contributed by atoms with Gasteiger partial charge in [-0.3, -0.25) is 0 Å². The first-order valence-corrected chi connectivity index (χ1v) is 4.98. The van der Waals surface area contributed by atoms with Gasteiger partial charge in [0.1, 0.15) is 0 Å². The second kappa shape index (κ2) is 3.87. The van der Waals surface area contributed by atoms with Crippen molar-refractivity contribution in [2.24, 2.45) is 0 Å². The molecule has 1 heterocycles. The van der Waals surface area contributed by atoms with E-state index in [9.17, 15) is 0 Å². The van der Waals surface area contributed by atoms with E-state index >= 15 is 0 Å². The van der Waals surface area contributed by atoms with E-state index in [1.54, 1.807) is 12.1 Å². The Labute approximate surface area is 93.5 Å². The van der Waals surface area contributed by atoms with Gasteiger partial charge in [0.25, 0.3) is 0 Å². The summed E-state index contributed by atoms with van der Waals surface area (Å²) in [4.78, 5) is 4.98. The number of rotatable bonds is 2. The molecule has 0 aliphatic heterocycles. The van der Waals surface area contributed by atoms with Crippen molar-refractivity contribution in [1.82, 2.24) is 4.98 Å². The minimum absolute atomic E-state index is 0.682. The molecule has 0 saturated carbocycles. The quantitative estimate of drug-likeness (QED) is 0.766. The molecule has 0 fully saturated rings. The fraction of sp³-hybridized carbons (Fsp3) is 0.0909. The number of benzene rings is 1. The maximum absolute atomic E-state index is 5.93. The van der Waals surface area contributed by atoms with E-state index in [-0.39, 0.29) is 0 Å². The lowest BCUT2D eigenvalue weighted by Gasteiger charge is -2.19. The molecule has 0 spiro atoms. The largest absolute Gasteiger partial charge is 0.397 e. The van der Waals surface area contributed by atoms with E-state index in [2.05, 4.69) is 4.98 Å². The fourth-order valence-corrected chi connectivity index (χ4v) is 1.64. The molecule has 78 valence electrons. The maximum Gasteiger partial charge on any atom is 0.0657 e. The average Bonchev–Trinajstić information content (AvgIpc) is 2.74. The topological polar surface area (TPSA) is 45.0 Å². The normalized spacial score (nSPS) is 10.3. The number of nitrogens with one attached hydrogen (secondary N) is 1. The Bertz CT molecular complexity index is 451. The molecule has 3 N–H and O–H groups in total. The van der Waals surface area contributed by atoms with Crippen molar-refractivity contribution >= 4 is 28.7 Å². The SMILES string of the molecule is CN(c1cc[nH]c1)c1cc(Cl)ccc1N. The number of nitrogen functional groups attached to an aromatic ring is 1. The van der Waals surface area contributed by atoms with Gasteiger partial charge < -0.3 is 15.6 Å². The van der Waals surface area contributed by atoms with Gasteiger partial charge in [-0.2, -0.15) is 0 Å². The molecule has 2 aromatic rings. The highest BCUT2D eigenvalue weighted by molar-refractivity contribution is 6.31. The molecule has 0 bridgehead atoms. The maximum atomic E-state index is 5.93. The summed E-state index contributed by atoms with van der Waals surface area (Å²) >= 11 is 5.93. The van der Waals surface area contributed by atoms with Crippen LogP contribution >= 0.6 is 11.6 Å². The van der Waals surface area contributed by atoms with Gasteiger partial charge in [0.15, 0.2) is 0 Å². The van der Waals surface area contributed by atoms with Crippen LogP contribution in [0.1, 0.15) is 0 Å². The summed E-state index contributed by atoms with van der Waals surface area (Å²) in [7, 11) is 1.95. The average molecular weight is 222 g/mol.